The lowest BCUT2D eigenvalue weighted by Gasteiger charge is -2.09. The van der Waals surface area contributed by atoms with Crippen LogP contribution in [0.5, 0.6) is 0 Å². The number of H-pyrrole nitrogens is 1. The fraction of sp³-hybridized carbons (Fsp3) is 0.333. The summed E-state index contributed by atoms with van der Waals surface area (Å²) in [5.41, 5.74) is 6.28. The quantitative estimate of drug-likeness (QED) is 0.807. The normalized spacial score (nSPS) is 13.7. The number of aromatic nitrogens is 2. The van der Waals surface area contributed by atoms with Crippen molar-refractivity contribution in [3.8, 4) is 0 Å². The van der Waals surface area contributed by atoms with Crippen LogP contribution in [0.1, 0.15) is 34.7 Å². The van der Waals surface area contributed by atoms with Crippen LogP contribution in [-0.2, 0) is 25.7 Å². The van der Waals surface area contributed by atoms with Gasteiger partial charge in [0.25, 0.3) is 5.56 Å². The topological polar surface area (TPSA) is 58.9 Å². The van der Waals surface area contributed by atoms with E-state index >= 15 is 0 Å². The Bertz CT molecular complexity index is 872. The molecule has 1 N–H and O–H groups in total. The second kappa shape index (κ2) is 5.13. The molecule has 3 aromatic rings. The Labute approximate surface area is 128 Å². The molecule has 0 unspecified atom stereocenters. The zero-order valence-corrected chi connectivity index (χ0v) is 12.6. The Hall–Kier alpha value is -2.36. The molecule has 1 aliphatic rings. The van der Waals surface area contributed by atoms with E-state index in [4.69, 9.17) is 4.42 Å². The predicted molar refractivity (Wildman–Crippen MR) is 85.2 cm³/mol. The van der Waals surface area contributed by atoms with Crippen molar-refractivity contribution < 1.29 is 4.42 Å². The van der Waals surface area contributed by atoms with Crippen LogP contribution < -0.4 is 5.56 Å². The number of hydrogen-bond acceptors (Lipinski definition) is 3. The highest BCUT2D eigenvalue weighted by Gasteiger charge is 2.20. The van der Waals surface area contributed by atoms with Crippen LogP contribution in [0.15, 0.2) is 33.5 Å². The molecule has 4 nitrogen and oxygen atoms in total. The fourth-order valence-corrected chi connectivity index (χ4v) is 3.47. The molecule has 2 aromatic heterocycles. The van der Waals surface area contributed by atoms with E-state index in [9.17, 15) is 4.79 Å². The number of benzene rings is 1. The third-order valence-electron chi connectivity index (χ3n) is 4.54. The van der Waals surface area contributed by atoms with Gasteiger partial charge in [0.2, 0.25) is 0 Å². The van der Waals surface area contributed by atoms with Gasteiger partial charge in [-0.25, -0.2) is 4.98 Å². The number of aromatic amines is 1. The highest BCUT2D eigenvalue weighted by molar-refractivity contribution is 5.72. The van der Waals surface area contributed by atoms with Gasteiger partial charge in [0.1, 0.15) is 5.52 Å². The van der Waals surface area contributed by atoms with E-state index in [0.717, 1.165) is 41.6 Å². The summed E-state index contributed by atoms with van der Waals surface area (Å²) in [5, 5.41) is 0. The summed E-state index contributed by atoms with van der Waals surface area (Å²) in [6, 6.07) is 7.75. The number of nitrogens with zero attached hydrogens (tertiary/aromatic N) is 1. The van der Waals surface area contributed by atoms with E-state index in [2.05, 4.69) is 9.97 Å². The first-order valence-electron chi connectivity index (χ1n) is 7.80. The first-order chi connectivity index (χ1) is 10.7. The van der Waals surface area contributed by atoms with Gasteiger partial charge in [-0.2, -0.15) is 0 Å². The maximum absolute atomic E-state index is 12.3. The van der Waals surface area contributed by atoms with Crippen molar-refractivity contribution in [2.75, 3.05) is 0 Å². The Morgan fingerprint density at radius 1 is 1.18 bits per heavy atom. The fourth-order valence-electron chi connectivity index (χ4n) is 3.47. The Kier molecular flexibility index (Phi) is 3.10. The summed E-state index contributed by atoms with van der Waals surface area (Å²) in [7, 11) is 0. The minimum Gasteiger partial charge on any atom is -0.441 e. The molecule has 0 saturated carbocycles. The van der Waals surface area contributed by atoms with Crippen molar-refractivity contribution in [3.05, 3.63) is 62.9 Å². The van der Waals surface area contributed by atoms with Crippen molar-refractivity contribution in [2.45, 2.75) is 39.0 Å². The molecule has 0 spiro atoms. The lowest BCUT2D eigenvalue weighted by atomic mass is 10.0. The van der Waals surface area contributed by atoms with Crippen molar-refractivity contribution >= 4 is 11.1 Å². The summed E-state index contributed by atoms with van der Waals surface area (Å²) < 4.78 is 5.75. The van der Waals surface area contributed by atoms with Crippen LogP contribution in [0.25, 0.3) is 11.1 Å². The van der Waals surface area contributed by atoms with Crippen molar-refractivity contribution in [2.24, 2.45) is 0 Å². The van der Waals surface area contributed by atoms with E-state index in [1.165, 1.54) is 11.1 Å². The van der Waals surface area contributed by atoms with Gasteiger partial charge in [-0.05, 0) is 55.9 Å². The SMILES string of the molecule is Cc1[nH]c(=O)c(CCc2nc3ccccc3o2)c2c1CCC2. The van der Waals surface area contributed by atoms with Gasteiger partial charge in [0.15, 0.2) is 11.5 Å². The van der Waals surface area contributed by atoms with Gasteiger partial charge in [-0.1, -0.05) is 12.1 Å². The second-order valence-electron chi connectivity index (χ2n) is 5.94. The number of para-hydroxylation sites is 2. The molecule has 22 heavy (non-hydrogen) atoms. The van der Waals surface area contributed by atoms with E-state index in [1.54, 1.807) is 0 Å². The highest BCUT2D eigenvalue weighted by atomic mass is 16.3. The molecule has 112 valence electrons. The number of rotatable bonds is 3. The van der Waals surface area contributed by atoms with E-state index in [-0.39, 0.29) is 5.56 Å². The van der Waals surface area contributed by atoms with Crippen LogP contribution in [-0.4, -0.2) is 9.97 Å². The van der Waals surface area contributed by atoms with E-state index < -0.39 is 0 Å². The molecule has 0 amide bonds. The average molecular weight is 294 g/mol. The Morgan fingerprint density at radius 2 is 2.00 bits per heavy atom. The third-order valence-corrected chi connectivity index (χ3v) is 4.54. The molecular weight excluding hydrogens is 276 g/mol. The van der Waals surface area contributed by atoms with Crippen molar-refractivity contribution in [3.63, 3.8) is 0 Å². The smallest absolute Gasteiger partial charge is 0.251 e. The van der Waals surface area contributed by atoms with Gasteiger partial charge in [-0.15, -0.1) is 0 Å². The van der Waals surface area contributed by atoms with Gasteiger partial charge in [-0.3, -0.25) is 4.79 Å². The summed E-state index contributed by atoms with van der Waals surface area (Å²) >= 11 is 0. The Balaban J connectivity index is 1.64. The summed E-state index contributed by atoms with van der Waals surface area (Å²) in [6.45, 7) is 2.00. The zero-order chi connectivity index (χ0) is 15.1. The van der Waals surface area contributed by atoms with Crippen LogP contribution in [0.3, 0.4) is 0 Å². The molecule has 1 aliphatic carbocycles. The monoisotopic (exact) mass is 294 g/mol. The van der Waals surface area contributed by atoms with Crippen LogP contribution in [0, 0.1) is 6.92 Å². The minimum atomic E-state index is 0.0502. The summed E-state index contributed by atoms with van der Waals surface area (Å²) in [4.78, 5) is 19.8. The van der Waals surface area contributed by atoms with Crippen LogP contribution in [0.2, 0.25) is 0 Å². The van der Waals surface area contributed by atoms with E-state index in [1.807, 2.05) is 31.2 Å². The van der Waals surface area contributed by atoms with Gasteiger partial charge < -0.3 is 9.40 Å². The number of nitrogens with one attached hydrogen (secondary N) is 1. The van der Waals surface area contributed by atoms with Gasteiger partial charge in [0, 0.05) is 17.7 Å². The van der Waals surface area contributed by atoms with Crippen molar-refractivity contribution in [1.29, 1.82) is 0 Å². The lowest BCUT2D eigenvalue weighted by molar-refractivity contribution is 0.527. The molecule has 4 rings (SSSR count). The molecule has 4 heteroatoms. The zero-order valence-electron chi connectivity index (χ0n) is 12.6. The van der Waals surface area contributed by atoms with Crippen molar-refractivity contribution in [1.82, 2.24) is 9.97 Å². The average Bonchev–Trinajstić information content (AvgIpc) is 3.13. The molecule has 0 saturated heterocycles. The summed E-state index contributed by atoms with van der Waals surface area (Å²) in [5.74, 6) is 0.702. The minimum absolute atomic E-state index is 0.0502. The number of hydrogen-bond donors (Lipinski definition) is 1. The van der Waals surface area contributed by atoms with Crippen LogP contribution in [0.4, 0.5) is 0 Å². The molecule has 2 heterocycles. The predicted octanol–water partition coefficient (Wildman–Crippen LogP) is 3.10. The van der Waals surface area contributed by atoms with Gasteiger partial charge in [0.05, 0.1) is 0 Å². The summed E-state index contributed by atoms with van der Waals surface area (Å²) in [6.07, 6.45) is 4.58. The molecule has 0 aliphatic heterocycles. The molecule has 0 fully saturated rings. The molecule has 1 aromatic carbocycles. The number of fused-ring (bicyclic) bond motifs is 2. The number of pyridine rings is 1. The number of oxazole rings is 1. The Morgan fingerprint density at radius 3 is 2.86 bits per heavy atom. The first-order valence-corrected chi connectivity index (χ1v) is 7.80. The molecule has 0 atom stereocenters. The number of aryl methyl sites for hydroxylation is 2. The largest absolute Gasteiger partial charge is 0.441 e. The van der Waals surface area contributed by atoms with E-state index in [0.29, 0.717) is 18.7 Å². The second-order valence-corrected chi connectivity index (χ2v) is 5.94. The van der Waals surface area contributed by atoms with Crippen LogP contribution >= 0.6 is 0 Å². The highest BCUT2D eigenvalue weighted by Crippen LogP contribution is 2.26. The first kappa shape index (κ1) is 13.3. The lowest BCUT2D eigenvalue weighted by Crippen LogP contribution is -2.18. The molecule has 0 radical (unpaired) electrons. The van der Waals surface area contributed by atoms with Gasteiger partial charge >= 0.3 is 0 Å². The molecular formula is C18H18N2O2. The maximum Gasteiger partial charge on any atom is 0.251 e. The standard InChI is InChI=1S/C18H18N2O2/c1-11-12-5-4-6-13(12)14(18(21)19-11)9-10-17-20-15-7-2-3-8-16(15)22-17/h2-3,7-8H,4-6,9-10H2,1H3,(H,19,21). The maximum atomic E-state index is 12.3. The molecule has 0 bridgehead atoms. The third kappa shape index (κ3) is 2.15.